The van der Waals surface area contributed by atoms with E-state index in [0.717, 1.165) is 37.7 Å². The number of hydrogen-bond donors (Lipinski definition) is 1. The minimum absolute atomic E-state index is 0.205. The Labute approximate surface area is 216 Å². The summed E-state index contributed by atoms with van der Waals surface area (Å²) < 4.78 is 11.6. The topological polar surface area (TPSA) is 93.1 Å². The fourth-order valence-corrected chi connectivity index (χ4v) is 4.64. The number of ether oxygens (including phenoxy) is 2. The van der Waals surface area contributed by atoms with Crippen molar-refractivity contribution in [2.75, 3.05) is 7.05 Å². The van der Waals surface area contributed by atoms with Crippen LogP contribution in [-0.4, -0.2) is 59.3 Å². The molecule has 0 aromatic heterocycles. The molecule has 0 aliphatic carbocycles. The van der Waals surface area contributed by atoms with Crippen LogP contribution < -0.4 is 0 Å². The monoisotopic (exact) mass is 503 g/mol. The van der Waals surface area contributed by atoms with E-state index in [1.165, 1.54) is 4.90 Å². The van der Waals surface area contributed by atoms with Crippen molar-refractivity contribution in [3.63, 3.8) is 0 Å². The molecule has 7 nitrogen and oxygen atoms in total. The van der Waals surface area contributed by atoms with Gasteiger partial charge in [-0.25, -0.2) is 0 Å². The number of carbonyl (C=O) groups is 3. The van der Waals surface area contributed by atoms with E-state index in [1.54, 1.807) is 14.0 Å². The third-order valence-corrected chi connectivity index (χ3v) is 7.40. The predicted molar refractivity (Wildman–Crippen MR) is 139 cm³/mol. The summed E-state index contributed by atoms with van der Waals surface area (Å²) >= 11 is 0. The van der Waals surface area contributed by atoms with Crippen LogP contribution in [0.1, 0.15) is 84.6 Å². The van der Waals surface area contributed by atoms with Gasteiger partial charge in [0.1, 0.15) is 6.10 Å². The van der Waals surface area contributed by atoms with Gasteiger partial charge < -0.3 is 19.5 Å². The molecule has 7 heteroatoms. The molecule has 1 aromatic carbocycles. The van der Waals surface area contributed by atoms with Gasteiger partial charge in [-0.1, -0.05) is 76.8 Å². The predicted octanol–water partition coefficient (Wildman–Crippen LogP) is 4.69. The third kappa shape index (κ3) is 8.61. The Hall–Kier alpha value is -2.41. The number of likely N-dealkylation sites (N-methyl/N-ethyl adjacent to an activating group) is 1. The number of esters is 2. The quantitative estimate of drug-likeness (QED) is 0.368. The van der Waals surface area contributed by atoms with E-state index in [9.17, 15) is 19.5 Å². The molecule has 1 saturated heterocycles. The maximum absolute atomic E-state index is 13.6. The van der Waals surface area contributed by atoms with Crippen LogP contribution in [0.4, 0.5) is 0 Å². The zero-order chi connectivity index (χ0) is 26.7. The van der Waals surface area contributed by atoms with Crippen molar-refractivity contribution in [1.29, 1.82) is 0 Å². The molecule has 0 radical (unpaired) electrons. The third-order valence-electron chi connectivity index (χ3n) is 7.40. The van der Waals surface area contributed by atoms with Crippen LogP contribution in [0.5, 0.6) is 0 Å². The molecule has 1 heterocycles. The van der Waals surface area contributed by atoms with Crippen molar-refractivity contribution in [3.8, 4) is 0 Å². The smallest absolute Gasteiger partial charge is 0.313 e. The molecular weight excluding hydrogens is 458 g/mol. The Bertz CT molecular complexity index is 828. The van der Waals surface area contributed by atoms with Gasteiger partial charge in [0.2, 0.25) is 0 Å². The summed E-state index contributed by atoms with van der Waals surface area (Å²) in [4.78, 5) is 41.1. The number of aliphatic hydroxyl groups is 1. The van der Waals surface area contributed by atoms with Crippen molar-refractivity contribution in [2.24, 2.45) is 11.8 Å². The standard InChI is InChI=1S/C29H45NO6/c1-6-8-9-10-14-17-25-21(4)29(34)36-27(20(3)7-2)28(33)30(5)23(24(31)19-26(32)35-25)18-22-15-12-11-13-16-22/h11-13,15-16,20-21,23-25,27,31H,6-10,14,17-19H2,1-5H3/t20?,21-,23-,24+,25+,27-/m0/s1. The number of cyclic esters (lactones) is 2. The zero-order valence-corrected chi connectivity index (χ0v) is 22.7. The molecule has 1 aliphatic heterocycles. The molecule has 0 spiro atoms. The van der Waals surface area contributed by atoms with Crippen LogP contribution >= 0.6 is 0 Å². The molecule has 1 fully saturated rings. The first-order chi connectivity index (χ1) is 17.2. The second kappa shape index (κ2) is 15.0. The van der Waals surface area contributed by atoms with Gasteiger partial charge in [0.25, 0.3) is 5.91 Å². The summed E-state index contributed by atoms with van der Waals surface area (Å²) in [6.07, 6.45) is 3.71. The Morgan fingerprint density at radius 1 is 1.03 bits per heavy atom. The van der Waals surface area contributed by atoms with Crippen molar-refractivity contribution < 1.29 is 29.0 Å². The summed E-state index contributed by atoms with van der Waals surface area (Å²) in [7, 11) is 1.60. The number of hydrogen-bond acceptors (Lipinski definition) is 6. The largest absolute Gasteiger partial charge is 0.461 e. The molecule has 1 amide bonds. The lowest BCUT2D eigenvalue weighted by Gasteiger charge is -2.37. The Balaban J connectivity index is 2.34. The molecule has 202 valence electrons. The lowest BCUT2D eigenvalue weighted by molar-refractivity contribution is -0.177. The summed E-state index contributed by atoms with van der Waals surface area (Å²) in [5, 5.41) is 11.1. The highest BCUT2D eigenvalue weighted by atomic mass is 16.6. The Kier molecular flexibility index (Phi) is 12.4. The van der Waals surface area contributed by atoms with Crippen LogP contribution in [-0.2, 0) is 30.3 Å². The second-order valence-electron chi connectivity index (χ2n) is 10.2. The van der Waals surface area contributed by atoms with E-state index in [4.69, 9.17) is 9.47 Å². The van der Waals surface area contributed by atoms with Crippen LogP contribution in [0.25, 0.3) is 0 Å². The van der Waals surface area contributed by atoms with Gasteiger partial charge in [0.15, 0.2) is 6.10 Å². The summed E-state index contributed by atoms with van der Waals surface area (Å²) in [5.41, 5.74) is 0.928. The Morgan fingerprint density at radius 2 is 1.69 bits per heavy atom. The number of nitrogens with zero attached hydrogens (tertiary/aromatic N) is 1. The summed E-state index contributed by atoms with van der Waals surface area (Å²) in [5.74, 6) is -2.38. The fraction of sp³-hybridized carbons (Fsp3) is 0.690. The fourth-order valence-electron chi connectivity index (χ4n) is 4.64. The minimum atomic E-state index is -1.13. The lowest BCUT2D eigenvalue weighted by Crippen LogP contribution is -2.53. The first-order valence-electron chi connectivity index (χ1n) is 13.6. The number of carbonyl (C=O) groups excluding carboxylic acids is 3. The van der Waals surface area contributed by atoms with Gasteiger partial charge in [-0.15, -0.1) is 0 Å². The maximum atomic E-state index is 13.6. The van der Waals surface area contributed by atoms with Crippen LogP contribution in [0.2, 0.25) is 0 Å². The van der Waals surface area contributed by atoms with Gasteiger partial charge in [0, 0.05) is 13.0 Å². The lowest BCUT2D eigenvalue weighted by atomic mass is 9.94. The van der Waals surface area contributed by atoms with E-state index in [0.29, 0.717) is 19.3 Å². The average Bonchev–Trinajstić information content (AvgIpc) is 2.87. The van der Waals surface area contributed by atoms with E-state index in [1.807, 2.05) is 44.2 Å². The van der Waals surface area contributed by atoms with E-state index in [2.05, 4.69) is 6.92 Å². The van der Waals surface area contributed by atoms with Crippen LogP contribution in [0, 0.1) is 11.8 Å². The highest BCUT2D eigenvalue weighted by Crippen LogP contribution is 2.25. The van der Waals surface area contributed by atoms with Gasteiger partial charge in [0.05, 0.1) is 24.5 Å². The zero-order valence-electron chi connectivity index (χ0n) is 22.7. The molecule has 6 atom stereocenters. The van der Waals surface area contributed by atoms with Gasteiger partial charge in [-0.05, 0) is 38.2 Å². The molecule has 0 saturated carbocycles. The molecular formula is C29H45NO6. The minimum Gasteiger partial charge on any atom is -0.461 e. The number of rotatable bonds is 10. The first kappa shape index (κ1) is 29.8. The normalized spacial score (nSPS) is 27.0. The van der Waals surface area contributed by atoms with Gasteiger partial charge >= 0.3 is 11.9 Å². The van der Waals surface area contributed by atoms with Crippen LogP contribution in [0.15, 0.2) is 30.3 Å². The first-order valence-corrected chi connectivity index (χ1v) is 13.6. The van der Waals surface area contributed by atoms with E-state index < -0.39 is 42.2 Å². The van der Waals surface area contributed by atoms with Crippen molar-refractivity contribution in [1.82, 2.24) is 4.90 Å². The summed E-state index contributed by atoms with van der Waals surface area (Å²) in [6.45, 7) is 7.67. The second-order valence-corrected chi connectivity index (χ2v) is 10.2. The molecule has 36 heavy (non-hydrogen) atoms. The highest BCUT2D eigenvalue weighted by molar-refractivity contribution is 5.85. The van der Waals surface area contributed by atoms with Crippen molar-refractivity contribution in [2.45, 2.75) is 110 Å². The van der Waals surface area contributed by atoms with Crippen molar-refractivity contribution >= 4 is 17.8 Å². The van der Waals surface area contributed by atoms with Gasteiger partial charge in [-0.3, -0.25) is 14.4 Å². The number of unbranched alkanes of at least 4 members (excludes halogenated alkanes) is 4. The highest BCUT2D eigenvalue weighted by Gasteiger charge is 2.40. The molecule has 0 bridgehead atoms. The van der Waals surface area contributed by atoms with E-state index in [-0.39, 0.29) is 18.2 Å². The molecule has 1 aromatic rings. The number of amides is 1. The number of benzene rings is 1. The number of aliphatic hydroxyl groups excluding tert-OH is 1. The van der Waals surface area contributed by atoms with Gasteiger partial charge in [-0.2, -0.15) is 0 Å². The molecule has 1 aliphatic rings. The molecule has 2 rings (SSSR count). The Morgan fingerprint density at radius 3 is 2.33 bits per heavy atom. The van der Waals surface area contributed by atoms with Crippen molar-refractivity contribution in [3.05, 3.63) is 35.9 Å². The SMILES string of the molecule is CCCCCCC[C@H]1OC(=O)C[C@@H](O)[C@H](Cc2ccccc2)N(C)C(=O)[C@H](C(C)CC)OC(=O)[C@H]1C. The maximum Gasteiger partial charge on any atom is 0.313 e. The van der Waals surface area contributed by atoms with E-state index >= 15 is 0 Å². The summed E-state index contributed by atoms with van der Waals surface area (Å²) in [6, 6.07) is 8.84. The molecule has 1 N–H and O–H groups in total. The molecule has 1 unspecified atom stereocenters. The average molecular weight is 504 g/mol. The van der Waals surface area contributed by atoms with Crippen LogP contribution in [0.3, 0.4) is 0 Å².